The molecule has 1 aromatic heterocycles. The first-order valence-corrected chi connectivity index (χ1v) is 10.4. The van der Waals surface area contributed by atoms with Gasteiger partial charge >= 0.3 is 5.63 Å². The Labute approximate surface area is 176 Å². The second-order valence-corrected chi connectivity index (χ2v) is 8.03. The number of amides is 1. The van der Waals surface area contributed by atoms with Crippen molar-refractivity contribution in [2.75, 3.05) is 0 Å². The minimum Gasteiger partial charge on any atom is -0.548 e. The van der Waals surface area contributed by atoms with Crippen molar-refractivity contribution in [1.29, 1.82) is 0 Å². The molecular formula is C23H30NO6-. The van der Waals surface area contributed by atoms with Gasteiger partial charge in [0.05, 0.1) is 12.0 Å². The smallest absolute Gasteiger partial charge is 0.336 e. The predicted octanol–water partition coefficient (Wildman–Crippen LogP) is 2.49. The number of carboxylic acids is 1. The van der Waals surface area contributed by atoms with Crippen LogP contribution in [0, 0.1) is 12.8 Å². The van der Waals surface area contributed by atoms with E-state index >= 15 is 0 Å². The number of carbonyl (C=O) groups excluding carboxylic acids is 2. The van der Waals surface area contributed by atoms with E-state index in [1.165, 1.54) is 13.0 Å². The highest BCUT2D eigenvalue weighted by atomic mass is 16.5. The molecule has 1 heterocycles. The molecule has 1 N–H and O–H groups in total. The third kappa shape index (κ3) is 5.84. The number of fused-ring (bicyclic) bond motifs is 1. The number of aryl methyl sites for hydroxylation is 2. The summed E-state index contributed by atoms with van der Waals surface area (Å²) < 4.78 is 11.2. The zero-order valence-corrected chi connectivity index (χ0v) is 18.2. The molecule has 0 saturated carbocycles. The molecule has 0 bridgehead atoms. The van der Waals surface area contributed by atoms with Gasteiger partial charge in [0.1, 0.15) is 11.3 Å². The van der Waals surface area contributed by atoms with E-state index < -0.39 is 29.6 Å². The summed E-state index contributed by atoms with van der Waals surface area (Å²) in [6.45, 7) is 9.11. The molecule has 2 aromatic rings. The van der Waals surface area contributed by atoms with Gasteiger partial charge in [-0.2, -0.15) is 0 Å². The summed E-state index contributed by atoms with van der Waals surface area (Å²) in [6.07, 6.45) is 2.07. The normalized spacial score (nSPS) is 13.3. The van der Waals surface area contributed by atoms with Crippen LogP contribution in [-0.2, 0) is 16.0 Å². The van der Waals surface area contributed by atoms with E-state index in [4.69, 9.17) is 9.15 Å². The lowest BCUT2D eigenvalue weighted by molar-refractivity contribution is -0.308. The van der Waals surface area contributed by atoms with E-state index in [1.807, 2.05) is 19.9 Å². The highest BCUT2D eigenvalue weighted by molar-refractivity contribution is 5.87. The van der Waals surface area contributed by atoms with Crippen LogP contribution in [-0.4, -0.2) is 24.0 Å². The van der Waals surface area contributed by atoms with Gasteiger partial charge < -0.3 is 24.4 Å². The summed E-state index contributed by atoms with van der Waals surface area (Å²) in [5.41, 5.74) is 1.55. The summed E-state index contributed by atoms with van der Waals surface area (Å²) in [5, 5.41) is 14.6. The maximum Gasteiger partial charge on any atom is 0.336 e. The Morgan fingerprint density at radius 2 is 1.93 bits per heavy atom. The number of carbonyl (C=O) groups is 2. The van der Waals surface area contributed by atoms with Gasteiger partial charge in [0.2, 0.25) is 0 Å². The van der Waals surface area contributed by atoms with Gasteiger partial charge in [0.15, 0.2) is 6.10 Å². The fraction of sp³-hybridized carbons (Fsp3) is 0.522. The molecule has 0 spiro atoms. The second-order valence-electron chi connectivity index (χ2n) is 8.03. The van der Waals surface area contributed by atoms with Crippen molar-refractivity contribution < 1.29 is 23.8 Å². The summed E-state index contributed by atoms with van der Waals surface area (Å²) in [6, 6.07) is 3.99. The van der Waals surface area contributed by atoms with Gasteiger partial charge in [-0.15, -0.1) is 0 Å². The van der Waals surface area contributed by atoms with E-state index in [2.05, 4.69) is 12.2 Å². The Hall–Kier alpha value is -2.83. The Morgan fingerprint density at radius 3 is 2.53 bits per heavy atom. The van der Waals surface area contributed by atoms with Crippen LogP contribution in [0.5, 0.6) is 5.75 Å². The lowest BCUT2D eigenvalue weighted by Crippen LogP contribution is -2.51. The SMILES string of the molecule is CCCCc1cc(=O)oc2c(C)c(O[C@@H](C)C(=O)N[C@@H](CC(C)C)C(=O)[O-])ccc12. The van der Waals surface area contributed by atoms with Crippen LogP contribution in [0.1, 0.15) is 58.1 Å². The molecule has 0 radical (unpaired) electrons. The molecule has 2 rings (SSSR count). The van der Waals surface area contributed by atoms with Gasteiger partial charge in [-0.05, 0) is 56.7 Å². The fourth-order valence-electron chi connectivity index (χ4n) is 3.33. The van der Waals surface area contributed by atoms with Crippen LogP contribution in [0.2, 0.25) is 0 Å². The lowest BCUT2D eigenvalue weighted by atomic mass is 10.0. The molecule has 1 aromatic carbocycles. The van der Waals surface area contributed by atoms with E-state index in [0.29, 0.717) is 16.9 Å². The molecule has 0 fully saturated rings. The van der Waals surface area contributed by atoms with Crippen LogP contribution in [0.15, 0.2) is 27.4 Å². The number of benzene rings is 1. The molecule has 0 aliphatic heterocycles. The first-order valence-electron chi connectivity index (χ1n) is 10.4. The number of rotatable bonds is 10. The van der Waals surface area contributed by atoms with Crippen molar-refractivity contribution in [1.82, 2.24) is 5.32 Å². The minimum atomic E-state index is -1.33. The number of hydrogen-bond acceptors (Lipinski definition) is 6. The summed E-state index contributed by atoms with van der Waals surface area (Å²) in [5.74, 6) is -1.40. The number of nitrogens with one attached hydrogen (secondary N) is 1. The van der Waals surface area contributed by atoms with Crippen molar-refractivity contribution in [3.05, 3.63) is 39.7 Å². The van der Waals surface area contributed by atoms with Gasteiger partial charge in [0.25, 0.3) is 5.91 Å². The van der Waals surface area contributed by atoms with Crippen LogP contribution >= 0.6 is 0 Å². The minimum absolute atomic E-state index is 0.0805. The van der Waals surface area contributed by atoms with Gasteiger partial charge in [-0.3, -0.25) is 4.79 Å². The summed E-state index contributed by atoms with van der Waals surface area (Å²) in [4.78, 5) is 35.7. The first kappa shape index (κ1) is 23.4. The van der Waals surface area contributed by atoms with Crippen LogP contribution in [0.3, 0.4) is 0 Å². The molecule has 30 heavy (non-hydrogen) atoms. The second kappa shape index (κ2) is 10.3. The largest absolute Gasteiger partial charge is 0.548 e. The first-order chi connectivity index (χ1) is 14.1. The highest BCUT2D eigenvalue weighted by Gasteiger charge is 2.22. The number of ether oxygens (including phenoxy) is 1. The molecule has 0 saturated heterocycles. The molecule has 164 valence electrons. The third-order valence-corrected chi connectivity index (χ3v) is 4.98. The van der Waals surface area contributed by atoms with Gasteiger partial charge in [0, 0.05) is 17.0 Å². The molecule has 1 amide bonds. The number of hydrogen-bond donors (Lipinski definition) is 1. The fourth-order valence-corrected chi connectivity index (χ4v) is 3.33. The molecule has 0 unspecified atom stereocenters. The van der Waals surface area contributed by atoms with Crippen LogP contribution in [0.25, 0.3) is 11.0 Å². The van der Waals surface area contributed by atoms with E-state index in [-0.39, 0.29) is 12.3 Å². The van der Waals surface area contributed by atoms with Crippen molar-refractivity contribution in [3.63, 3.8) is 0 Å². The average molecular weight is 416 g/mol. The Morgan fingerprint density at radius 1 is 1.23 bits per heavy atom. The van der Waals surface area contributed by atoms with Crippen LogP contribution in [0.4, 0.5) is 0 Å². The van der Waals surface area contributed by atoms with Crippen LogP contribution < -0.4 is 20.8 Å². The monoisotopic (exact) mass is 416 g/mol. The Bertz CT molecular complexity index is 962. The number of unbranched alkanes of at least 4 members (excludes halogenated alkanes) is 1. The number of carboxylic acid groups (broad SMARTS) is 1. The maximum atomic E-state index is 12.4. The lowest BCUT2D eigenvalue weighted by Gasteiger charge is -2.24. The topological polar surface area (TPSA) is 109 Å². The summed E-state index contributed by atoms with van der Waals surface area (Å²) in [7, 11) is 0. The molecule has 7 heteroatoms. The molecule has 7 nitrogen and oxygen atoms in total. The van der Waals surface area contributed by atoms with Crippen molar-refractivity contribution in [3.8, 4) is 5.75 Å². The predicted molar refractivity (Wildman–Crippen MR) is 112 cm³/mol. The average Bonchev–Trinajstić information content (AvgIpc) is 2.67. The molecule has 0 aliphatic rings. The van der Waals surface area contributed by atoms with Gasteiger partial charge in [-0.1, -0.05) is 27.2 Å². The van der Waals surface area contributed by atoms with Crippen molar-refractivity contribution in [2.24, 2.45) is 5.92 Å². The quantitative estimate of drug-likeness (QED) is 0.596. The highest BCUT2D eigenvalue weighted by Crippen LogP contribution is 2.29. The van der Waals surface area contributed by atoms with E-state index in [1.54, 1.807) is 13.0 Å². The zero-order chi connectivity index (χ0) is 22.4. The van der Waals surface area contributed by atoms with E-state index in [0.717, 1.165) is 30.2 Å². The van der Waals surface area contributed by atoms with Crippen molar-refractivity contribution >= 4 is 22.8 Å². The molecular weight excluding hydrogens is 386 g/mol. The molecule has 0 aliphatic carbocycles. The summed E-state index contributed by atoms with van der Waals surface area (Å²) >= 11 is 0. The zero-order valence-electron chi connectivity index (χ0n) is 18.2. The Balaban J connectivity index is 2.24. The van der Waals surface area contributed by atoms with Gasteiger partial charge in [-0.25, -0.2) is 4.79 Å². The van der Waals surface area contributed by atoms with E-state index in [9.17, 15) is 19.5 Å². The van der Waals surface area contributed by atoms with Crippen molar-refractivity contribution in [2.45, 2.75) is 72.4 Å². The molecule has 2 atom stereocenters. The number of aliphatic carboxylic acids is 1. The standard InChI is InChI=1S/C23H31NO6/c1-6-7-8-16-12-20(25)30-21-14(4)19(10-9-17(16)21)29-15(5)22(26)24-18(23(27)28)11-13(2)3/h9-10,12-13,15,18H,6-8,11H2,1-5H3,(H,24,26)(H,27,28)/p-1/t15-,18-/m0/s1. The Kier molecular flexibility index (Phi) is 8.03. The third-order valence-electron chi connectivity index (χ3n) is 4.98. The maximum absolute atomic E-state index is 12.4.